The number of carbonyl (C=O) groups is 1. The molecule has 0 aliphatic carbocycles. The summed E-state index contributed by atoms with van der Waals surface area (Å²) in [4.78, 5) is 29.6. The number of hydrogen-bond acceptors (Lipinski definition) is 6. The molecule has 1 saturated heterocycles. The number of anilines is 1. The molecule has 1 atom stereocenters. The number of amides is 1. The second kappa shape index (κ2) is 8.23. The van der Waals surface area contributed by atoms with Crippen LogP contribution in [-0.2, 0) is 11.3 Å². The molecule has 0 radical (unpaired) electrons. The molecule has 138 valence electrons. The van der Waals surface area contributed by atoms with Crippen molar-refractivity contribution in [1.82, 2.24) is 19.9 Å². The van der Waals surface area contributed by atoms with Crippen molar-refractivity contribution in [2.24, 2.45) is 0 Å². The average molecular weight is 355 g/mol. The molecule has 1 aliphatic heterocycles. The first kappa shape index (κ1) is 18.3. The summed E-state index contributed by atoms with van der Waals surface area (Å²) in [7, 11) is 3.76. The van der Waals surface area contributed by atoms with E-state index in [4.69, 9.17) is 4.74 Å². The molecule has 1 fully saturated rings. The Hall–Kier alpha value is -2.54. The number of carbonyl (C=O) groups excluding carboxylic acids is 1. The van der Waals surface area contributed by atoms with Gasteiger partial charge < -0.3 is 14.5 Å². The first-order chi connectivity index (χ1) is 12.5. The van der Waals surface area contributed by atoms with Gasteiger partial charge in [-0.05, 0) is 37.5 Å². The molecule has 2 aromatic rings. The van der Waals surface area contributed by atoms with E-state index in [9.17, 15) is 4.79 Å². The quantitative estimate of drug-likeness (QED) is 0.790. The molecule has 0 N–H and O–H groups in total. The maximum absolute atomic E-state index is 13.2. The monoisotopic (exact) mass is 355 g/mol. The fraction of sp³-hybridized carbons (Fsp3) is 0.474. The van der Waals surface area contributed by atoms with E-state index in [1.165, 1.54) is 0 Å². The lowest BCUT2D eigenvalue weighted by molar-refractivity contribution is 0.0506. The minimum absolute atomic E-state index is 0.0693. The SMILES string of the molecule is Cc1nc(N(C)C)ncc1C(=O)N(Cc1ccncc1)C[C@H]1CCCO1. The summed E-state index contributed by atoms with van der Waals surface area (Å²) in [6, 6.07) is 3.85. The molecule has 0 saturated carbocycles. The Morgan fingerprint density at radius 3 is 2.69 bits per heavy atom. The maximum Gasteiger partial charge on any atom is 0.257 e. The molecule has 0 aromatic carbocycles. The standard InChI is InChI=1S/C19H25N5O2/c1-14-17(11-21-19(22-14)23(2)3)18(25)24(13-16-5-4-10-26-16)12-15-6-8-20-9-7-15/h6-9,11,16H,4-5,10,12-13H2,1-3H3/t16-/m1/s1. The van der Waals surface area contributed by atoms with Crippen LogP contribution in [0.4, 0.5) is 5.95 Å². The number of aryl methyl sites for hydroxylation is 1. The van der Waals surface area contributed by atoms with Gasteiger partial charge in [-0.15, -0.1) is 0 Å². The third-order valence-corrected chi connectivity index (χ3v) is 4.46. The smallest absolute Gasteiger partial charge is 0.257 e. The van der Waals surface area contributed by atoms with Gasteiger partial charge in [0, 0.05) is 52.4 Å². The van der Waals surface area contributed by atoms with Crippen molar-refractivity contribution < 1.29 is 9.53 Å². The molecule has 1 amide bonds. The van der Waals surface area contributed by atoms with Gasteiger partial charge in [0.05, 0.1) is 17.4 Å². The fourth-order valence-electron chi connectivity index (χ4n) is 3.01. The highest BCUT2D eigenvalue weighted by Gasteiger charge is 2.25. The van der Waals surface area contributed by atoms with E-state index < -0.39 is 0 Å². The summed E-state index contributed by atoms with van der Waals surface area (Å²) < 4.78 is 5.74. The van der Waals surface area contributed by atoms with Gasteiger partial charge in [-0.1, -0.05) is 0 Å². The van der Waals surface area contributed by atoms with Crippen LogP contribution in [0, 0.1) is 6.92 Å². The van der Waals surface area contributed by atoms with Gasteiger partial charge in [0.2, 0.25) is 5.95 Å². The average Bonchev–Trinajstić information content (AvgIpc) is 3.14. The van der Waals surface area contributed by atoms with Crippen molar-refractivity contribution in [3.8, 4) is 0 Å². The highest BCUT2D eigenvalue weighted by atomic mass is 16.5. The summed E-state index contributed by atoms with van der Waals surface area (Å²) in [6.45, 7) is 3.69. The molecule has 26 heavy (non-hydrogen) atoms. The minimum atomic E-state index is -0.0693. The van der Waals surface area contributed by atoms with Crippen molar-refractivity contribution in [2.75, 3.05) is 32.1 Å². The lowest BCUT2D eigenvalue weighted by Gasteiger charge is -2.26. The number of aromatic nitrogens is 3. The summed E-state index contributed by atoms with van der Waals surface area (Å²) in [6.07, 6.45) is 7.21. The van der Waals surface area contributed by atoms with Gasteiger partial charge >= 0.3 is 0 Å². The third kappa shape index (κ3) is 4.35. The Morgan fingerprint density at radius 1 is 1.31 bits per heavy atom. The Bertz CT molecular complexity index is 745. The number of rotatable bonds is 6. The molecule has 3 rings (SSSR count). The molecule has 7 nitrogen and oxygen atoms in total. The second-order valence-corrected chi connectivity index (χ2v) is 6.74. The zero-order valence-electron chi connectivity index (χ0n) is 15.6. The van der Waals surface area contributed by atoms with E-state index in [2.05, 4.69) is 15.0 Å². The molecule has 0 spiro atoms. The van der Waals surface area contributed by atoms with Crippen molar-refractivity contribution in [2.45, 2.75) is 32.4 Å². The van der Waals surface area contributed by atoms with Gasteiger partial charge in [0.15, 0.2) is 0 Å². The van der Waals surface area contributed by atoms with Gasteiger partial charge in [-0.25, -0.2) is 9.97 Å². The van der Waals surface area contributed by atoms with E-state index in [-0.39, 0.29) is 12.0 Å². The fourth-order valence-corrected chi connectivity index (χ4v) is 3.01. The van der Waals surface area contributed by atoms with Gasteiger partial charge in [0.1, 0.15) is 0 Å². The zero-order valence-corrected chi connectivity index (χ0v) is 15.6. The normalized spacial score (nSPS) is 16.5. The van der Waals surface area contributed by atoms with Crippen molar-refractivity contribution >= 4 is 11.9 Å². The van der Waals surface area contributed by atoms with Crippen LogP contribution in [0.3, 0.4) is 0 Å². The first-order valence-electron chi connectivity index (χ1n) is 8.85. The molecule has 0 bridgehead atoms. The molecule has 0 unspecified atom stereocenters. The van der Waals surface area contributed by atoms with Crippen LogP contribution in [0.1, 0.15) is 34.5 Å². The highest BCUT2D eigenvalue weighted by molar-refractivity contribution is 5.95. The molecular formula is C19H25N5O2. The number of pyridine rings is 1. The predicted molar refractivity (Wildman–Crippen MR) is 99.0 cm³/mol. The van der Waals surface area contributed by atoms with Crippen LogP contribution in [0.25, 0.3) is 0 Å². The minimum Gasteiger partial charge on any atom is -0.376 e. The van der Waals surface area contributed by atoms with Crippen molar-refractivity contribution in [3.63, 3.8) is 0 Å². The van der Waals surface area contributed by atoms with Crippen LogP contribution < -0.4 is 4.90 Å². The van der Waals surface area contributed by atoms with Crippen LogP contribution in [0.5, 0.6) is 0 Å². The summed E-state index contributed by atoms with van der Waals surface area (Å²) in [5.74, 6) is 0.527. The zero-order chi connectivity index (χ0) is 18.5. The largest absolute Gasteiger partial charge is 0.376 e. The Balaban J connectivity index is 1.83. The number of ether oxygens (including phenoxy) is 1. The number of nitrogens with zero attached hydrogens (tertiary/aromatic N) is 5. The summed E-state index contributed by atoms with van der Waals surface area (Å²) >= 11 is 0. The summed E-state index contributed by atoms with van der Waals surface area (Å²) in [5.41, 5.74) is 2.25. The third-order valence-electron chi connectivity index (χ3n) is 4.46. The highest BCUT2D eigenvalue weighted by Crippen LogP contribution is 2.18. The van der Waals surface area contributed by atoms with Crippen LogP contribution in [-0.4, -0.2) is 59.1 Å². The van der Waals surface area contributed by atoms with Crippen LogP contribution in [0.15, 0.2) is 30.7 Å². The molecule has 7 heteroatoms. The molecular weight excluding hydrogens is 330 g/mol. The van der Waals surface area contributed by atoms with Crippen molar-refractivity contribution in [1.29, 1.82) is 0 Å². The van der Waals surface area contributed by atoms with Crippen molar-refractivity contribution in [3.05, 3.63) is 47.5 Å². The Kier molecular flexibility index (Phi) is 5.78. The van der Waals surface area contributed by atoms with E-state index in [1.807, 2.05) is 43.0 Å². The van der Waals surface area contributed by atoms with E-state index >= 15 is 0 Å². The first-order valence-corrected chi connectivity index (χ1v) is 8.85. The van der Waals surface area contributed by atoms with Crippen LogP contribution >= 0.6 is 0 Å². The van der Waals surface area contributed by atoms with Crippen LogP contribution in [0.2, 0.25) is 0 Å². The summed E-state index contributed by atoms with van der Waals surface area (Å²) in [5, 5.41) is 0. The van der Waals surface area contributed by atoms with E-state index in [0.717, 1.165) is 25.0 Å². The molecule has 1 aliphatic rings. The lowest BCUT2D eigenvalue weighted by Crippen LogP contribution is -2.37. The number of hydrogen-bond donors (Lipinski definition) is 0. The van der Waals surface area contributed by atoms with E-state index in [0.29, 0.717) is 30.3 Å². The Morgan fingerprint density at radius 2 is 2.08 bits per heavy atom. The van der Waals surface area contributed by atoms with E-state index in [1.54, 1.807) is 18.6 Å². The van der Waals surface area contributed by atoms with Gasteiger partial charge in [0.25, 0.3) is 5.91 Å². The topological polar surface area (TPSA) is 71.5 Å². The molecule has 2 aromatic heterocycles. The predicted octanol–water partition coefficient (Wildman–Crippen LogP) is 2.07. The Labute approximate surface area is 154 Å². The maximum atomic E-state index is 13.2. The van der Waals surface area contributed by atoms with Gasteiger partial charge in [-0.3, -0.25) is 9.78 Å². The molecule has 3 heterocycles. The second-order valence-electron chi connectivity index (χ2n) is 6.74. The lowest BCUT2D eigenvalue weighted by atomic mass is 10.1. The van der Waals surface area contributed by atoms with Gasteiger partial charge in [-0.2, -0.15) is 0 Å².